The van der Waals surface area contributed by atoms with Crippen LogP contribution in [0.15, 0.2) is 49.1 Å². The zero-order valence-electron chi connectivity index (χ0n) is 10.7. The van der Waals surface area contributed by atoms with Gasteiger partial charge in [0.05, 0.1) is 6.34 Å². The van der Waals surface area contributed by atoms with Gasteiger partial charge in [-0.15, -0.1) is 0 Å². The maximum Gasteiger partial charge on any atom is 0.133 e. The summed E-state index contributed by atoms with van der Waals surface area (Å²) in [5, 5.41) is 5.64. The smallest absolute Gasteiger partial charge is 0.133 e. The number of nitrogens with one attached hydrogen (secondary N) is 1. The van der Waals surface area contributed by atoms with Gasteiger partial charge < -0.3 is 5.32 Å². The number of fused-ring (bicyclic) bond motifs is 1. The summed E-state index contributed by atoms with van der Waals surface area (Å²) < 4.78 is 7.43. The molecule has 0 fully saturated rings. The molecule has 0 atom stereocenters. The second kappa shape index (κ2) is 6.58. The molecule has 0 saturated heterocycles. The summed E-state index contributed by atoms with van der Waals surface area (Å²) in [7, 11) is 0. The van der Waals surface area contributed by atoms with Gasteiger partial charge in [-0.3, -0.25) is 4.99 Å². The Labute approximate surface area is 136 Å². The third kappa shape index (κ3) is 3.15. The van der Waals surface area contributed by atoms with Gasteiger partial charge in [0.1, 0.15) is 5.84 Å². The van der Waals surface area contributed by atoms with Crippen molar-refractivity contribution in [2.24, 2.45) is 8.20 Å². The van der Waals surface area contributed by atoms with Crippen LogP contribution in [0.4, 0.5) is 0 Å². The van der Waals surface area contributed by atoms with E-state index in [4.69, 9.17) is 0 Å². The van der Waals surface area contributed by atoms with Gasteiger partial charge in [-0.2, -0.15) is 0 Å². The molecule has 102 valence electrons. The Morgan fingerprint density at radius 1 is 1.15 bits per heavy atom. The Morgan fingerprint density at radius 3 is 2.80 bits per heavy atom. The molecule has 0 aliphatic carbocycles. The van der Waals surface area contributed by atoms with Gasteiger partial charge in [0.2, 0.25) is 0 Å². The van der Waals surface area contributed by atoms with Crippen molar-refractivity contribution in [2.75, 3.05) is 6.54 Å². The zero-order valence-corrected chi connectivity index (χ0v) is 14.4. The quantitative estimate of drug-likeness (QED) is 0.721. The van der Waals surface area contributed by atoms with Gasteiger partial charge in [0.15, 0.2) is 0 Å². The summed E-state index contributed by atoms with van der Waals surface area (Å²) >= 11 is 3.42. The summed E-state index contributed by atoms with van der Waals surface area (Å²) in [6.45, 7) is 0.794. The predicted molar refractivity (Wildman–Crippen MR) is 99.4 cm³/mol. The average molecular weight is 442 g/mol. The van der Waals surface area contributed by atoms with Crippen LogP contribution in [0.25, 0.3) is 10.8 Å². The zero-order chi connectivity index (χ0) is 13.8. The number of rotatable bonds is 3. The molecule has 0 unspecified atom stereocenters. The molecule has 0 radical (unpaired) electrons. The minimum atomic E-state index is -0.187. The minimum absolute atomic E-state index is 0.187. The van der Waals surface area contributed by atoms with Crippen molar-refractivity contribution in [3.63, 3.8) is 0 Å². The number of halogens is 2. The Morgan fingerprint density at radius 2 is 2.00 bits per heavy atom. The van der Waals surface area contributed by atoms with Gasteiger partial charge in [0, 0.05) is 36.0 Å². The maximum atomic E-state index is 4.58. The fourth-order valence-corrected chi connectivity index (χ4v) is 3.72. The molecule has 0 amide bonds. The summed E-state index contributed by atoms with van der Waals surface area (Å²) in [4.78, 5) is 4.58. The lowest BCUT2D eigenvalue weighted by atomic mass is 10.0. The highest BCUT2D eigenvalue weighted by atomic mass is 127. The third-order valence-electron chi connectivity index (χ3n) is 3.09. The first-order chi connectivity index (χ1) is 9.84. The molecule has 3 nitrogen and oxygen atoms in total. The largest absolute Gasteiger partial charge is 0.331 e. The van der Waals surface area contributed by atoms with Crippen LogP contribution in [0.1, 0.15) is 5.56 Å². The second-order valence-electron chi connectivity index (χ2n) is 4.35. The van der Waals surface area contributed by atoms with Gasteiger partial charge in [-0.1, -0.05) is 46.3 Å². The van der Waals surface area contributed by atoms with Crippen LogP contribution in [0.5, 0.6) is 0 Å². The van der Waals surface area contributed by atoms with Crippen LogP contribution < -0.4 is 5.32 Å². The van der Waals surface area contributed by atoms with E-state index in [0.717, 1.165) is 23.3 Å². The topological polar surface area (TPSA) is 36.8 Å². The van der Waals surface area contributed by atoms with Gasteiger partial charge in [-0.05, 0) is 28.8 Å². The molecule has 0 bridgehead atoms. The maximum absolute atomic E-state index is 4.58. The van der Waals surface area contributed by atoms with Crippen LogP contribution in [0, 0.1) is 0 Å². The molecule has 0 aromatic heterocycles. The van der Waals surface area contributed by atoms with Crippen molar-refractivity contribution in [1.29, 1.82) is 0 Å². The summed E-state index contributed by atoms with van der Waals surface area (Å²) in [6, 6.07) is 12.8. The van der Waals surface area contributed by atoms with E-state index in [1.807, 2.05) is 0 Å². The fourth-order valence-electron chi connectivity index (χ4n) is 2.14. The first kappa shape index (κ1) is 13.9. The Hall–Kier alpha value is -1.08. The van der Waals surface area contributed by atoms with Crippen molar-refractivity contribution >= 4 is 63.9 Å². The van der Waals surface area contributed by atoms with Crippen molar-refractivity contribution in [1.82, 2.24) is 5.32 Å². The van der Waals surface area contributed by atoms with E-state index in [2.05, 4.69) is 69.9 Å². The van der Waals surface area contributed by atoms with Gasteiger partial charge >= 0.3 is 0 Å². The summed E-state index contributed by atoms with van der Waals surface area (Å²) in [5.41, 5.74) is 1.34. The molecule has 2 aromatic carbocycles. The van der Waals surface area contributed by atoms with E-state index < -0.39 is 0 Å². The monoisotopic (exact) mass is 441 g/mol. The van der Waals surface area contributed by atoms with E-state index in [0.29, 0.717) is 0 Å². The first-order valence-electron chi connectivity index (χ1n) is 6.29. The molecule has 1 aliphatic rings. The van der Waals surface area contributed by atoms with E-state index in [1.54, 1.807) is 6.34 Å². The lowest BCUT2D eigenvalue weighted by molar-refractivity contribution is 0.973. The highest BCUT2D eigenvalue weighted by molar-refractivity contribution is 14.2. The number of amidine groups is 1. The summed E-state index contributed by atoms with van der Waals surface area (Å²) in [6.07, 6.45) is 2.70. The van der Waals surface area contributed by atoms with E-state index >= 15 is 0 Å². The summed E-state index contributed by atoms with van der Waals surface area (Å²) in [5.74, 6) is 0.967. The number of hydrogen-bond donors (Lipinski definition) is 1. The van der Waals surface area contributed by atoms with Crippen LogP contribution in [-0.4, -0.2) is 22.7 Å². The molecule has 0 spiro atoms. The van der Waals surface area contributed by atoms with Crippen molar-refractivity contribution in [3.8, 4) is 0 Å². The average Bonchev–Trinajstić information content (AvgIpc) is 2.51. The first-order valence-corrected chi connectivity index (χ1v) is 9.30. The Balaban J connectivity index is 1.80. The predicted octanol–water partition coefficient (Wildman–Crippen LogP) is 3.86. The SMILES string of the molecule is Brc1ccc(CCN=C2C=IN=CN2)c2ccccc12. The molecule has 0 saturated carbocycles. The third-order valence-corrected chi connectivity index (χ3v) is 5.25. The number of hydrogen-bond acceptors (Lipinski definition) is 2. The lowest BCUT2D eigenvalue weighted by Gasteiger charge is -2.08. The number of benzene rings is 2. The minimum Gasteiger partial charge on any atom is -0.331 e. The molecule has 1 heterocycles. The van der Waals surface area contributed by atoms with Crippen molar-refractivity contribution < 1.29 is 0 Å². The molecule has 1 N–H and O–H groups in total. The van der Waals surface area contributed by atoms with Crippen LogP contribution in [0.3, 0.4) is 0 Å². The molecular weight excluding hydrogens is 429 g/mol. The normalized spacial score (nSPS) is 16.1. The van der Waals surface area contributed by atoms with E-state index in [9.17, 15) is 0 Å². The molecule has 3 rings (SSSR count). The van der Waals surface area contributed by atoms with E-state index in [1.165, 1.54) is 16.3 Å². The van der Waals surface area contributed by atoms with E-state index in [-0.39, 0.29) is 21.0 Å². The van der Waals surface area contributed by atoms with Gasteiger partial charge in [-0.25, -0.2) is 3.21 Å². The van der Waals surface area contributed by atoms with Gasteiger partial charge in [0.25, 0.3) is 0 Å². The van der Waals surface area contributed by atoms with Crippen molar-refractivity contribution in [3.05, 3.63) is 46.4 Å². The highest BCUT2D eigenvalue weighted by Crippen LogP contribution is 2.27. The Bertz CT molecular complexity index is 722. The number of aliphatic imine (C=N–C) groups is 1. The Kier molecular flexibility index (Phi) is 4.57. The second-order valence-corrected chi connectivity index (χ2v) is 6.94. The van der Waals surface area contributed by atoms with Crippen LogP contribution >= 0.6 is 36.9 Å². The molecule has 1 aliphatic heterocycles. The number of nitrogens with zero attached hydrogens (tertiary/aromatic N) is 2. The van der Waals surface area contributed by atoms with Crippen LogP contribution in [-0.2, 0) is 6.42 Å². The van der Waals surface area contributed by atoms with Crippen LogP contribution in [0.2, 0.25) is 0 Å². The fraction of sp³-hybridized carbons (Fsp3) is 0.133. The lowest BCUT2D eigenvalue weighted by Crippen LogP contribution is -2.24. The molecule has 5 heteroatoms. The molecular formula is C15H13BrIN3. The van der Waals surface area contributed by atoms with Crippen molar-refractivity contribution in [2.45, 2.75) is 6.42 Å². The highest BCUT2D eigenvalue weighted by Gasteiger charge is 2.04. The molecule has 20 heavy (non-hydrogen) atoms. The molecule has 2 aromatic rings. The standard InChI is InChI=1S/C15H13BrIN3/c16-14-6-5-11(12-3-1-2-4-13(12)14)7-8-18-15-9-17-20-10-19-15/h1-6,9-10H,7-8H2,(H,18,19,20).